The Labute approximate surface area is 103 Å². The molecule has 14 heavy (non-hydrogen) atoms. The smallest absolute Gasteiger partial charge is 0.133 e. The van der Waals surface area contributed by atoms with E-state index < -0.39 is 0 Å². The van der Waals surface area contributed by atoms with Gasteiger partial charge in [0.1, 0.15) is 5.75 Å². The number of hydrogen-bond donors (Lipinski definition) is 2. The van der Waals surface area contributed by atoms with Gasteiger partial charge in [0.25, 0.3) is 0 Å². The zero-order chi connectivity index (χ0) is 9.59. The van der Waals surface area contributed by atoms with E-state index in [2.05, 4.69) is 29.5 Å². The van der Waals surface area contributed by atoms with Crippen molar-refractivity contribution < 1.29 is 5.11 Å². The van der Waals surface area contributed by atoms with Gasteiger partial charge in [-0.1, -0.05) is 0 Å². The Morgan fingerprint density at radius 2 is 2.21 bits per heavy atom. The molecule has 4 heteroatoms. The van der Waals surface area contributed by atoms with Crippen LogP contribution in [0.25, 0.3) is 0 Å². The summed E-state index contributed by atoms with van der Waals surface area (Å²) < 4.78 is 0.909. The highest BCUT2D eigenvalue weighted by Gasteiger charge is 2.25. The quantitative estimate of drug-likeness (QED) is 0.720. The molecule has 1 aliphatic rings. The molecule has 1 aromatic carbocycles. The van der Waals surface area contributed by atoms with Gasteiger partial charge in [-0.15, -0.1) is 12.4 Å². The van der Waals surface area contributed by atoms with Crippen molar-refractivity contribution in [2.45, 2.75) is 25.8 Å². The van der Waals surface area contributed by atoms with Crippen molar-refractivity contribution in [3.8, 4) is 5.75 Å². The fourth-order valence-corrected chi connectivity index (χ4v) is 2.76. The fraction of sp³-hybridized carbons (Fsp3) is 0.400. The summed E-state index contributed by atoms with van der Waals surface area (Å²) in [6.07, 6.45) is 1.97. The van der Waals surface area contributed by atoms with E-state index in [0.29, 0.717) is 5.75 Å². The lowest BCUT2D eigenvalue weighted by molar-refractivity contribution is 0.459. The van der Waals surface area contributed by atoms with Gasteiger partial charge < -0.3 is 10.8 Å². The van der Waals surface area contributed by atoms with Gasteiger partial charge in [0.2, 0.25) is 0 Å². The minimum absolute atomic E-state index is 0. The molecule has 0 heterocycles. The van der Waals surface area contributed by atoms with E-state index in [4.69, 9.17) is 5.73 Å². The Hall–Kier alpha value is -0.0000000000000000555. The molecule has 0 amide bonds. The molecule has 78 valence electrons. The first-order valence-corrected chi connectivity index (χ1v) is 5.45. The second-order valence-corrected chi connectivity index (χ2v) is 4.72. The highest BCUT2D eigenvalue weighted by molar-refractivity contribution is 14.1. The van der Waals surface area contributed by atoms with Gasteiger partial charge in [0, 0.05) is 11.6 Å². The lowest BCUT2D eigenvalue weighted by atomic mass is 10.0. The normalized spacial score (nSPS) is 18.9. The first kappa shape index (κ1) is 12.1. The molecule has 1 aromatic rings. The fourth-order valence-electron chi connectivity index (χ4n) is 2.00. The Morgan fingerprint density at radius 3 is 2.86 bits per heavy atom. The van der Waals surface area contributed by atoms with Crippen LogP contribution in [0.3, 0.4) is 0 Å². The van der Waals surface area contributed by atoms with Crippen molar-refractivity contribution in [2.24, 2.45) is 5.73 Å². The third-order valence-electron chi connectivity index (χ3n) is 2.70. The van der Waals surface area contributed by atoms with Crippen LogP contribution in [0.15, 0.2) is 6.07 Å². The Balaban J connectivity index is 0.000000980. The minimum Gasteiger partial charge on any atom is -0.506 e. The van der Waals surface area contributed by atoms with Crippen LogP contribution in [0, 0.1) is 10.5 Å². The molecular formula is C10H13ClINO. The van der Waals surface area contributed by atoms with Crippen molar-refractivity contribution in [3.63, 3.8) is 0 Å². The van der Waals surface area contributed by atoms with Gasteiger partial charge in [-0.2, -0.15) is 0 Å². The molecule has 0 saturated heterocycles. The summed E-state index contributed by atoms with van der Waals surface area (Å²) in [4.78, 5) is 0. The number of rotatable bonds is 0. The molecule has 0 bridgehead atoms. The second kappa shape index (κ2) is 4.24. The molecule has 2 rings (SSSR count). The number of nitrogens with two attached hydrogens (primary N) is 1. The summed E-state index contributed by atoms with van der Waals surface area (Å²) in [6.45, 7) is 2.08. The molecule has 1 unspecified atom stereocenters. The molecule has 0 fully saturated rings. The SMILES string of the molecule is Cc1cc(I)c(O)c2c1CCC2N.Cl. The highest BCUT2D eigenvalue weighted by atomic mass is 127. The summed E-state index contributed by atoms with van der Waals surface area (Å²) in [7, 11) is 0. The van der Waals surface area contributed by atoms with Crippen LogP contribution in [0.1, 0.15) is 29.2 Å². The topological polar surface area (TPSA) is 46.2 Å². The minimum atomic E-state index is 0. The van der Waals surface area contributed by atoms with Crippen molar-refractivity contribution in [2.75, 3.05) is 0 Å². The van der Waals surface area contributed by atoms with Gasteiger partial charge in [-0.25, -0.2) is 0 Å². The van der Waals surface area contributed by atoms with Crippen molar-refractivity contribution in [1.82, 2.24) is 0 Å². The number of phenolic OH excluding ortho intramolecular Hbond substituents is 1. The predicted octanol–water partition coefficient (Wildman–Crippen LogP) is 2.67. The third-order valence-corrected chi connectivity index (χ3v) is 3.52. The highest BCUT2D eigenvalue weighted by Crippen LogP contribution is 2.40. The van der Waals surface area contributed by atoms with E-state index in [1.165, 1.54) is 11.1 Å². The largest absolute Gasteiger partial charge is 0.506 e. The van der Waals surface area contributed by atoms with Crippen LogP contribution in [0.4, 0.5) is 0 Å². The second-order valence-electron chi connectivity index (χ2n) is 3.56. The number of halogens is 2. The van der Waals surface area contributed by atoms with E-state index in [1.807, 2.05) is 6.07 Å². The Morgan fingerprint density at radius 1 is 1.57 bits per heavy atom. The van der Waals surface area contributed by atoms with Crippen molar-refractivity contribution in [3.05, 3.63) is 26.3 Å². The number of fused-ring (bicyclic) bond motifs is 1. The first-order valence-electron chi connectivity index (χ1n) is 4.37. The van der Waals surface area contributed by atoms with Crippen LogP contribution in [0.2, 0.25) is 0 Å². The molecule has 0 aliphatic heterocycles. The lowest BCUT2D eigenvalue weighted by Gasteiger charge is -2.11. The van der Waals surface area contributed by atoms with Crippen molar-refractivity contribution >= 4 is 35.0 Å². The maximum absolute atomic E-state index is 9.83. The Kier molecular flexibility index (Phi) is 3.66. The molecule has 1 atom stereocenters. The zero-order valence-corrected chi connectivity index (χ0v) is 10.9. The van der Waals surface area contributed by atoms with E-state index in [0.717, 1.165) is 22.0 Å². The molecule has 3 N–H and O–H groups in total. The number of aromatic hydroxyl groups is 1. The van der Waals surface area contributed by atoms with Crippen molar-refractivity contribution in [1.29, 1.82) is 0 Å². The summed E-state index contributed by atoms with van der Waals surface area (Å²) in [6, 6.07) is 2.05. The molecule has 1 aliphatic carbocycles. The summed E-state index contributed by atoms with van der Waals surface area (Å²) in [5, 5.41) is 9.83. The first-order chi connectivity index (χ1) is 6.11. The van der Waals surface area contributed by atoms with Gasteiger partial charge in [-0.05, 0) is 59.5 Å². The average Bonchev–Trinajstić information content (AvgIpc) is 2.44. The molecule has 2 nitrogen and oxygen atoms in total. The van der Waals surface area contributed by atoms with Gasteiger partial charge in [0.05, 0.1) is 3.57 Å². The number of benzene rings is 1. The van der Waals surface area contributed by atoms with Gasteiger partial charge >= 0.3 is 0 Å². The Bertz CT molecular complexity index is 368. The third kappa shape index (κ3) is 1.73. The number of phenols is 1. The van der Waals surface area contributed by atoms with Crippen LogP contribution in [-0.2, 0) is 6.42 Å². The zero-order valence-electron chi connectivity index (χ0n) is 7.88. The molecule has 0 aromatic heterocycles. The molecular weight excluding hydrogens is 312 g/mol. The van der Waals surface area contributed by atoms with Crippen LogP contribution >= 0.6 is 35.0 Å². The van der Waals surface area contributed by atoms with Gasteiger partial charge in [-0.3, -0.25) is 0 Å². The molecule has 0 saturated carbocycles. The van der Waals surface area contributed by atoms with Crippen LogP contribution in [0.5, 0.6) is 5.75 Å². The molecule has 0 radical (unpaired) electrons. The van der Waals surface area contributed by atoms with E-state index >= 15 is 0 Å². The average molecular weight is 326 g/mol. The monoisotopic (exact) mass is 325 g/mol. The summed E-state index contributed by atoms with van der Waals surface area (Å²) in [5.74, 6) is 0.395. The van der Waals surface area contributed by atoms with E-state index in [9.17, 15) is 5.11 Å². The summed E-state index contributed by atoms with van der Waals surface area (Å²) >= 11 is 2.15. The van der Waals surface area contributed by atoms with Crippen LogP contribution in [-0.4, -0.2) is 5.11 Å². The van der Waals surface area contributed by atoms with Crippen LogP contribution < -0.4 is 5.73 Å². The van der Waals surface area contributed by atoms with E-state index in [1.54, 1.807) is 0 Å². The number of aryl methyl sites for hydroxylation is 1. The lowest BCUT2D eigenvalue weighted by Crippen LogP contribution is -2.06. The summed E-state index contributed by atoms with van der Waals surface area (Å²) in [5.41, 5.74) is 9.41. The predicted molar refractivity (Wildman–Crippen MR) is 68.1 cm³/mol. The number of hydrogen-bond acceptors (Lipinski definition) is 2. The van der Waals surface area contributed by atoms with Gasteiger partial charge in [0.15, 0.2) is 0 Å². The standard InChI is InChI=1S/C10H12INO.ClH/c1-5-4-7(11)10(13)9-6(5)2-3-8(9)12;/h4,8,13H,2-3,12H2,1H3;1H. The maximum atomic E-state index is 9.83. The maximum Gasteiger partial charge on any atom is 0.133 e. The van der Waals surface area contributed by atoms with E-state index in [-0.39, 0.29) is 18.4 Å². The molecule has 0 spiro atoms.